The van der Waals surface area contributed by atoms with E-state index in [4.69, 9.17) is 9.47 Å². The summed E-state index contributed by atoms with van der Waals surface area (Å²) < 4.78 is 52.4. The summed E-state index contributed by atoms with van der Waals surface area (Å²) in [5.41, 5.74) is 0.982. The van der Waals surface area contributed by atoms with Crippen LogP contribution in [0.25, 0.3) is 0 Å². The molecule has 10 heteroatoms. The van der Waals surface area contributed by atoms with Gasteiger partial charge in [-0.15, -0.1) is 0 Å². The van der Waals surface area contributed by atoms with Crippen LogP contribution in [0.1, 0.15) is 50.1 Å². The number of halogens is 1. The van der Waals surface area contributed by atoms with Crippen LogP contribution in [0.2, 0.25) is 0 Å². The molecule has 8 nitrogen and oxygen atoms in total. The minimum Gasteiger partial charge on any atom is -0.497 e. The molecule has 1 N–H and O–H groups in total. The molecule has 2 fully saturated rings. The lowest BCUT2D eigenvalue weighted by Crippen LogP contribution is -2.42. The summed E-state index contributed by atoms with van der Waals surface area (Å²) in [6.45, 7) is 0.506. The number of sulfonamides is 1. The van der Waals surface area contributed by atoms with E-state index in [1.54, 1.807) is 36.4 Å². The van der Waals surface area contributed by atoms with E-state index in [-0.39, 0.29) is 48.0 Å². The second-order valence-corrected chi connectivity index (χ2v) is 12.6. The van der Waals surface area contributed by atoms with Crippen LogP contribution >= 0.6 is 0 Å². The molecule has 1 saturated heterocycles. The molecule has 2 aliphatic rings. The van der Waals surface area contributed by atoms with Crippen LogP contribution in [-0.2, 0) is 19.6 Å². The van der Waals surface area contributed by atoms with Crippen molar-refractivity contribution in [3.8, 4) is 5.75 Å². The number of hydrogen-bond acceptors (Lipinski definition) is 6. The van der Waals surface area contributed by atoms with E-state index in [1.807, 2.05) is 20.2 Å². The van der Waals surface area contributed by atoms with Crippen molar-refractivity contribution < 1.29 is 27.1 Å². The molecule has 1 heterocycles. The number of amides is 1. The molecular weight excluding hydrogens is 521 g/mol. The Hall–Kier alpha value is -2.53. The molecule has 0 spiro atoms. The van der Waals surface area contributed by atoms with Gasteiger partial charge in [0.25, 0.3) is 0 Å². The smallest absolute Gasteiger partial charge is 0.246 e. The van der Waals surface area contributed by atoms with Gasteiger partial charge in [-0.1, -0.05) is 12.1 Å². The highest BCUT2D eigenvalue weighted by molar-refractivity contribution is 7.89. The molecular formula is C29H40FN3O5S. The predicted molar refractivity (Wildman–Crippen MR) is 147 cm³/mol. The zero-order chi connectivity index (χ0) is 28.0. The Morgan fingerprint density at radius 3 is 2.46 bits per heavy atom. The first-order chi connectivity index (χ1) is 18.7. The lowest BCUT2D eigenvalue weighted by atomic mass is 9.78. The number of nitrogens with zero attached hydrogens (tertiary/aromatic N) is 2. The first kappa shape index (κ1) is 29.5. The average molecular weight is 562 g/mol. The van der Waals surface area contributed by atoms with E-state index < -0.39 is 10.0 Å². The first-order valence-corrected chi connectivity index (χ1v) is 15.1. The van der Waals surface area contributed by atoms with Gasteiger partial charge in [0.1, 0.15) is 18.2 Å². The number of carbonyl (C=O) groups is 1. The average Bonchev–Trinajstić information content (AvgIpc) is 3.39. The summed E-state index contributed by atoms with van der Waals surface area (Å²) in [6.07, 6.45) is 5.03. The Kier molecular flexibility index (Phi) is 9.98. The molecule has 2 atom stereocenters. The van der Waals surface area contributed by atoms with Gasteiger partial charge in [-0.3, -0.25) is 4.79 Å². The van der Waals surface area contributed by atoms with Gasteiger partial charge in [0.05, 0.1) is 18.6 Å². The number of hydrogen-bond donors (Lipinski definition) is 1. The second kappa shape index (κ2) is 13.2. The maximum absolute atomic E-state index is 13.8. The predicted octanol–water partition coefficient (Wildman–Crippen LogP) is 3.98. The molecule has 2 aromatic carbocycles. The van der Waals surface area contributed by atoms with Crippen LogP contribution in [0.4, 0.5) is 4.39 Å². The number of nitrogens with one attached hydrogen (secondary N) is 1. The van der Waals surface area contributed by atoms with E-state index in [0.29, 0.717) is 24.6 Å². The summed E-state index contributed by atoms with van der Waals surface area (Å²) in [4.78, 5) is 15.0. The van der Waals surface area contributed by atoms with Crippen LogP contribution < -0.4 is 10.1 Å². The van der Waals surface area contributed by atoms with Crippen LogP contribution in [-0.4, -0.2) is 76.6 Å². The van der Waals surface area contributed by atoms with E-state index in [2.05, 4.69) is 10.2 Å². The van der Waals surface area contributed by atoms with Gasteiger partial charge in [-0.05, 0) is 100 Å². The standard InChI is InChI=1S/C29H40FN3O5S/c1-32(2)29(22-6-4-7-23(30)18-22)21-9-11-24(12-10-21)31-28(34)20-38-19-25-8-5-17-33(25)39(35,36)27-15-13-26(37-3)14-16-27/h4,6-7,13-16,18,21,24-25,29H,5,8-12,17,19-20H2,1-3H3,(H,31,34). The van der Waals surface area contributed by atoms with Gasteiger partial charge in [-0.25, -0.2) is 12.8 Å². The van der Waals surface area contributed by atoms with Crippen LogP contribution in [0.15, 0.2) is 53.4 Å². The molecule has 1 saturated carbocycles. The van der Waals surface area contributed by atoms with Crippen molar-refractivity contribution in [1.82, 2.24) is 14.5 Å². The Balaban J connectivity index is 1.23. The van der Waals surface area contributed by atoms with E-state index in [9.17, 15) is 17.6 Å². The van der Waals surface area contributed by atoms with Gasteiger partial charge < -0.3 is 19.7 Å². The fourth-order valence-electron chi connectivity index (χ4n) is 5.99. The third-order valence-electron chi connectivity index (χ3n) is 7.86. The summed E-state index contributed by atoms with van der Waals surface area (Å²) >= 11 is 0. The summed E-state index contributed by atoms with van der Waals surface area (Å²) in [5.74, 6) is 0.570. The fraction of sp³-hybridized carbons (Fsp3) is 0.552. The number of carbonyl (C=O) groups excluding carboxylic acids is 1. The third kappa shape index (κ3) is 7.36. The van der Waals surface area contributed by atoms with Crippen LogP contribution in [0.5, 0.6) is 5.75 Å². The monoisotopic (exact) mass is 561 g/mol. The molecule has 0 bridgehead atoms. The lowest BCUT2D eigenvalue weighted by Gasteiger charge is -2.37. The molecule has 1 aliphatic heterocycles. The fourth-order valence-corrected chi connectivity index (χ4v) is 7.67. The molecule has 2 unspecified atom stereocenters. The van der Waals surface area contributed by atoms with Gasteiger partial charge in [-0.2, -0.15) is 4.31 Å². The maximum Gasteiger partial charge on any atom is 0.246 e. The Morgan fingerprint density at radius 2 is 1.82 bits per heavy atom. The molecule has 4 rings (SSSR count). The third-order valence-corrected chi connectivity index (χ3v) is 9.83. The van der Waals surface area contributed by atoms with Gasteiger partial charge >= 0.3 is 0 Å². The molecule has 0 radical (unpaired) electrons. The minimum atomic E-state index is -3.65. The van der Waals surface area contributed by atoms with Crippen molar-refractivity contribution in [2.24, 2.45) is 5.92 Å². The number of ether oxygens (including phenoxy) is 2. The van der Waals surface area contributed by atoms with Crippen LogP contribution in [0, 0.1) is 11.7 Å². The van der Waals surface area contributed by atoms with Crippen LogP contribution in [0.3, 0.4) is 0 Å². The maximum atomic E-state index is 13.8. The summed E-state index contributed by atoms with van der Waals surface area (Å²) in [5, 5.41) is 3.08. The van der Waals surface area contributed by atoms with Gasteiger partial charge in [0.2, 0.25) is 15.9 Å². The Morgan fingerprint density at radius 1 is 1.10 bits per heavy atom. The highest BCUT2D eigenvalue weighted by Crippen LogP contribution is 2.37. The SMILES string of the molecule is COc1ccc(S(=O)(=O)N2CCCC2COCC(=O)NC2CCC(C(c3cccc(F)c3)N(C)C)CC2)cc1. The normalized spacial score (nSPS) is 23.1. The van der Waals surface area contributed by atoms with Crippen molar-refractivity contribution in [2.75, 3.05) is 41.0 Å². The molecule has 214 valence electrons. The zero-order valence-electron chi connectivity index (χ0n) is 23.0. The van der Waals surface area contributed by atoms with E-state index >= 15 is 0 Å². The number of benzene rings is 2. The van der Waals surface area contributed by atoms with Crippen molar-refractivity contribution >= 4 is 15.9 Å². The highest BCUT2D eigenvalue weighted by Gasteiger charge is 2.36. The van der Waals surface area contributed by atoms with Gasteiger partial charge in [0.15, 0.2) is 0 Å². The topological polar surface area (TPSA) is 88.2 Å². The zero-order valence-corrected chi connectivity index (χ0v) is 23.8. The Labute approximate surface area is 231 Å². The number of rotatable bonds is 11. The molecule has 2 aromatic rings. The summed E-state index contributed by atoms with van der Waals surface area (Å²) in [6, 6.07) is 13.1. The van der Waals surface area contributed by atoms with E-state index in [0.717, 1.165) is 37.7 Å². The molecule has 1 amide bonds. The minimum absolute atomic E-state index is 0.0751. The molecule has 39 heavy (non-hydrogen) atoms. The first-order valence-electron chi connectivity index (χ1n) is 13.6. The summed E-state index contributed by atoms with van der Waals surface area (Å²) in [7, 11) is 1.93. The largest absolute Gasteiger partial charge is 0.497 e. The number of methoxy groups -OCH3 is 1. The second-order valence-electron chi connectivity index (χ2n) is 10.7. The van der Waals surface area contributed by atoms with Gasteiger partial charge in [0, 0.05) is 24.7 Å². The van der Waals surface area contributed by atoms with E-state index in [1.165, 1.54) is 17.5 Å². The van der Waals surface area contributed by atoms with Crippen molar-refractivity contribution in [1.29, 1.82) is 0 Å². The van der Waals surface area contributed by atoms with Crippen molar-refractivity contribution in [3.63, 3.8) is 0 Å². The molecule has 0 aromatic heterocycles. The quantitative estimate of drug-likeness (QED) is 0.447. The van der Waals surface area contributed by atoms with Crippen molar-refractivity contribution in [2.45, 2.75) is 61.5 Å². The van der Waals surface area contributed by atoms with Crippen molar-refractivity contribution in [3.05, 3.63) is 59.9 Å². The lowest BCUT2D eigenvalue weighted by molar-refractivity contribution is -0.127. The highest BCUT2D eigenvalue weighted by atomic mass is 32.2. The Bertz CT molecular complexity index is 1200. The molecule has 1 aliphatic carbocycles.